The number of hydrogen-bond acceptors (Lipinski definition) is 7. The number of methoxy groups -OCH3 is 1. The van der Waals surface area contributed by atoms with Crippen LogP contribution in [-0.2, 0) is 20.9 Å². The maximum absolute atomic E-state index is 13.1. The monoisotopic (exact) mass is 477 g/mol. The number of thioether (sulfide) groups is 1. The van der Waals surface area contributed by atoms with Crippen LogP contribution >= 0.6 is 11.8 Å². The summed E-state index contributed by atoms with van der Waals surface area (Å²) in [5.74, 6) is -0.0399. The van der Waals surface area contributed by atoms with Gasteiger partial charge in [0.1, 0.15) is 0 Å². The molecule has 1 aliphatic heterocycles. The number of amides is 2. The lowest BCUT2D eigenvalue weighted by molar-refractivity contribution is -0.142. The minimum atomic E-state index is -0.508. The normalized spacial score (nSPS) is 14.6. The van der Waals surface area contributed by atoms with Crippen LogP contribution in [0.5, 0.6) is 11.5 Å². The molecule has 1 fully saturated rings. The molecule has 0 radical (unpaired) electrons. The summed E-state index contributed by atoms with van der Waals surface area (Å²) in [6, 6.07) is 18.8. The number of hydrogen-bond donors (Lipinski definition) is 0. The first kappa shape index (κ1) is 23.4. The summed E-state index contributed by atoms with van der Waals surface area (Å²) >= 11 is 0.907. The molecule has 2 amide bonds. The van der Waals surface area contributed by atoms with Gasteiger partial charge in [0.25, 0.3) is 11.1 Å². The lowest BCUT2D eigenvalue weighted by Gasteiger charge is -2.14. The summed E-state index contributed by atoms with van der Waals surface area (Å²) in [5.41, 5.74) is 1.58. The fraction of sp³-hybridized carbons (Fsp3) is 0.192. The van der Waals surface area contributed by atoms with Gasteiger partial charge < -0.3 is 14.2 Å². The molecule has 1 aliphatic rings. The fourth-order valence-electron chi connectivity index (χ4n) is 3.59. The van der Waals surface area contributed by atoms with E-state index in [2.05, 4.69) is 4.74 Å². The Bertz CT molecular complexity index is 1280. The van der Waals surface area contributed by atoms with Gasteiger partial charge in [0.15, 0.2) is 18.1 Å². The zero-order valence-electron chi connectivity index (χ0n) is 18.8. The molecule has 7 nitrogen and oxygen atoms in total. The topological polar surface area (TPSA) is 82.1 Å². The summed E-state index contributed by atoms with van der Waals surface area (Å²) in [6.07, 6.45) is 1.65. The first-order valence-electron chi connectivity index (χ1n) is 10.7. The number of nitrogens with zero attached hydrogens (tertiary/aromatic N) is 1. The second-order valence-electron chi connectivity index (χ2n) is 7.41. The van der Waals surface area contributed by atoms with Crippen molar-refractivity contribution in [2.24, 2.45) is 0 Å². The third kappa shape index (κ3) is 5.07. The van der Waals surface area contributed by atoms with Crippen LogP contribution in [0.4, 0.5) is 4.79 Å². The summed E-state index contributed by atoms with van der Waals surface area (Å²) in [5, 5.41) is 1.75. The van der Waals surface area contributed by atoms with Crippen molar-refractivity contribution < 1.29 is 28.6 Å². The molecule has 1 heterocycles. The first-order valence-corrected chi connectivity index (χ1v) is 11.5. The Morgan fingerprint density at radius 3 is 2.59 bits per heavy atom. The molecule has 8 heteroatoms. The predicted molar refractivity (Wildman–Crippen MR) is 131 cm³/mol. The SMILES string of the molecule is CCOc1cc(/C=C2/SC(=O)N(Cc3cccc4ccccc34)C2=O)ccc1OCC(=O)OC. The van der Waals surface area contributed by atoms with Gasteiger partial charge >= 0.3 is 5.97 Å². The number of ether oxygens (including phenoxy) is 3. The summed E-state index contributed by atoms with van der Waals surface area (Å²) in [6.45, 7) is 2.17. The van der Waals surface area contributed by atoms with Crippen LogP contribution in [-0.4, -0.2) is 42.3 Å². The van der Waals surface area contributed by atoms with Crippen LogP contribution in [0.1, 0.15) is 18.1 Å². The van der Waals surface area contributed by atoms with Crippen molar-refractivity contribution in [3.63, 3.8) is 0 Å². The molecule has 0 unspecified atom stereocenters. The van der Waals surface area contributed by atoms with Gasteiger partial charge in [-0.15, -0.1) is 0 Å². The van der Waals surface area contributed by atoms with Crippen molar-refractivity contribution in [1.82, 2.24) is 4.90 Å². The first-order chi connectivity index (χ1) is 16.5. The number of fused-ring (bicyclic) bond motifs is 1. The maximum atomic E-state index is 13.1. The summed E-state index contributed by atoms with van der Waals surface area (Å²) in [7, 11) is 1.28. The molecule has 0 spiro atoms. The highest BCUT2D eigenvalue weighted by Crippen LogP contribution is 2.36. The molecule has 0 saturated carbocycles. The quantitative estimate of drug-likeness (QED) is 0.333. The minimum Gasteiger partial charge on any atom is -0.490 e. The van der Waals surface area contributed by atoms with E-state index in [1.54, 1.807) is 24.3 Å². The van der Waals surface area contributed by atoms with Gasteiger partial charge in [0, 0.05) is 0 Å². The van der Waals surface area contributed by atoms with Crippen LogP contribution < -0.4 is 9.47 Å². The zero-order valence-corrected chi connectivity index (χ0v) is 19.6. The Morgan fingerprint density at radius 1 is 1.00 bits per heavy atom. The second-order valence-corrected chi connectivity index (χ2v) is 8.40. The summed E-state index contributed by atoms with van der Waals surface area (Å²) < 4.78 is 15.7. The Labute approximate surface area is 201 Å². The Hall–Kier alpha value is -3.78. The zero-order chi connectivity index (χ0) is 24.1. The Kier molecular flexibility index (Phi) is 7.18. The van der Waals surface area contributed by atoms with Crippen molar-refractivity contribution in [3.8, 4) is 11.5 Å². The number of esters is 1. The van der Waals surface area contributed by atoms with Crippen LogP contribution in [0.2, 0.25) is 0 Å². The van der Waals surface area contributed by atoms with Crippen molar-refractivity contribution >= 4 is 45.7 Å². The van der Waals surface area contributed by atoms with E-state index in [-0.39, 0.29) is 24.3 Å². The molecule has 4 rings (SSSR count). The molecule has 174 valence electrons. The Balaban J connectivity index is 1.55. The average Bonchev–Trinajstić information content (AvgIpc) is 3.11. The van der Waals surface area contributed by atoms with E-state index < -0.39 is 5.97 Å². The van der Waals surface area contributed by atoms with Gasteiger partial charge in [-0.1, -0.05) is 48.5 Å². The molecule has 3 aromatic rings. The number of carbonyl (C=O) groups is 3. The number of carbonyl (C=O) groups excluding carboxylic acids is 3. The lowest BCUT2D eigenvalue weighted by Crippen LogP contribution is -2.27. The molecule has 0 atom stereocenters. The summed E-state index contributed by atoms with van der Waals surface area (Å²) in [4.78, 5) is 38.7. The highest BCUT2D eigenvalue weighted by Gasteiger charge is 2.35. The van der Waals surface area contributed by atoms with E-state index >= 15 is 0 Å². The van der Waals surface area contributed by atoms with Gasteiger partial charge in [-0.05, 0) is 58.8 Å². The number of imide groups is 1. The van der Waals surface area contributed by atoms with Gasteiger partial charge in [-0.2, -0.15) is 0 Å². The van der Waals surface area contributed by atoms with Gasteiger partial charge in [0.05, 0.1) is 25.2 Å². The van der Waals surface area contributed by atoms with E-state index in [1.165, 1.54) is 12.0 Å². The van der Waals surface area contributed by atoms with Crippen LogP contribution in [0.25, 0.3) is 16.8 Å². The van der Waals surface area contributed by atoms with Crippen LogP contribution in [0, 0.1) is 0 Å². The standard InChI is InChI=1S/C26H23NO6S/c1-3-32-22-13-17(11-12-21(22)33-16-24(28)31-2)14-23-25(29)27(26(30)34-23)15-19-9-6-8-18-7-4-5-10-20(18)19/h4-14H,3,15-16H2,1-2H3/b23-14+. The smallest absolute Gasteiger partial charge is 0.343 e. The van der Waals surface area contributed by atoms with Gasteiger partial charge in [0.2, 0.25) is 0 Å². The van der Waals surface area contributed by atoms with E-state index in [9.17, 15) is 14.4 Å². The third-order valence-electron chi connectivity index (χ3n) is 5.22. The molecule has 0 aromatic heterocycles. The van der Waals surface area contributed by atoms with Crippen LogP contribution in [0.15, 0.2) is 65.6 Å². The molecule has 0 N–H and O–H groups in total. The van der Waals surface area contributed by atoms with Crippen molar-refractivity contribution in [2.45, 2.75) is 13.5 Å². The van der Waals surface area contributed by atoms with Gasteiger partial charge in [-0.3, -0.25) is 14.5 Å². The molecular formula is C26H23NO6S. The van der Waals surface area contributed by atoms with Crippen molar-refractivity contribution in [1.29, 1.82) is 0 Å². The molecule has 0 aliphatic carbocycles. The molecule has 3 aromatic carbocycles. The van der Waals surface area contributed by atoms with E-state index in [1.807, 2.05) is 49.4 Å². The van der Waals surface area contributed by atoms with E-state index in [0.29, 0.717) is 28.6 Å². The minimum absolute atomic E-state index is 0.202. The third-order valence-corrected chi connectivity index (χ3v) is 6.13. The molecule has 0 bridgehead atoms. The maximum Gasteiger partial charge on any atom is 0.343 e. The van der Waals surface area contributed by atoms with Gasteiger partial charge in [-0.25, -0.2) is 4.79 Å². The second kappa shape index (κ2) is 10.4. The number of benzene rings is 3. The predicted octanol–water partition coefficient (Wildman–Crippen LogP) is 5.03. The van der Waals surface area contributed by atoms with Crippen LogP contribution in [0.3, 0.4) is 0 Å². The average molecular weight is 478 g/mol. The highest BCUT2D eigenvalue weighted by atomic mass is 32.2. The van der Waals surface area contributed by atoms with E-state index in [4.69, 9.17) is 9.47 Å². The van der Waals surface area contributed by atoms with E-state index in [0.717, 1.165) is 28.1 Å². The van der Waals surface area contributed by atoms with Crippen molar-refractivity contribution in [3.05, 3.63) is 76.7 Å². The Morgan fingerprint density at radius 2 is 1.79 bits per heavy atom. The molecule has 1 saturated heterocycles. The molecule has 34 heavy (non-hydrogen) atoms. The lowest BCUT2D eigenvalue weighted by atomic mass is 10.0. The highest BCUT2D eigenvalue weighted by molar-refractivity contribution is 8.18. The largest absolute Gasteiger partial charge is 0.490 e. The molecular weight excluding hydrogens is 454 g/mol. The number of rotatable bonds is 8. The van der Waals surface area contributed by atoms with Crippen molar-refractivity contribution in [2.75, 3.05) is 20.3 Å². The fourth-order valence-corrected chi connectivity index (χ4v) is 4.42.